The SMILES string of the molecule is CC(=Nc1c(C)cccc1C)c1cccc(C(C)=Nc2c(C)cccc2C)n1.CC(=Nc1c(C)cccc1C)c1cccc(C(C)=Nc2c(C)cccc2C)n1.Cc1ccccc1.Cc1ccccc1.[Fe+2].[Fe+2].[c-]1ccccc1-c1[c-]cccc1.[c-]1ccccc1-c1[c-]cccc1. The summed E-state index contributed by atoms with van der Waals surface area (Å²) < 4.78 is 0. The van der Waals surface area contributed by atoms with Gasteiger partial charge in [0, 0.05) is 0 Å². The first-order valence-electron chi connectivity index (χ1n) is 31.8. The number of para-hydroxylation sites is 4. The van der Waals surface area contributed by atoms with Gasteiger partial charge >= 0.3 is 34.1 Å². The van der Waals surface area contributed by atoms with E-state index in [1.165, 1.54) is 55.6 Å². The Morgan fingerprint density at radius 2 is 0.417 bits per heavy atom. The van der Waals surface area contributed by atoms with Crippen LogP contribution in [0.15, 0.2) is 287 Å². The smallest absolute Gasteiger partial charge is 0.251 e. The number of aromatic nitrogens is 2. The van der Waals surface area contributed by atoms with Crippen LogP contribution >= 0.6 is 0 Å². The molecule has 2 heterocycles. The molecule has 0 aliphatic carbocycles. The summed E-state index contributed by atoms with van der Waals surface area (Å²) in [6, 6.07) is 102. The minimum Gasteiger partial charge on any atom is -0.251 e. The van der Waals surface area contributed by atoms with Crippen molar-refractivity contribution in [2.24, 2.45) is 20.0 Å². The minimum atomic E-state index is 0. The maximum Gasteiger partial charge on any atom is 2.00 e. The molecule has 0 aliphatic heterocycles. The van der Waals surface area contributed by atoms with Crippen LogP contribution in [-0.2, 0) is 34.1 Å². The van der Waals surface area contributed by atoms with Gasteiger partial charge in [-0.2, -0.15) is 97.1 Å². The molecule has 0 radical (unpaired) electrons. The molecule has 2 aromatic heterocycles. The molecule has 6 nitrogen and oxygen atoms in total. The maximum absolute atomic E-state index is 4.86. The van der Waals surface area contributed by atoms with Crippen LogP contribution < -0.4 is 0 Å². The monoisotopic (exact) mass is 1340 g/mol. The van der Waals surface area contributed by atoms with Crippen molar-refractivity contribution in [3.63, 3.8) is 0 Å². The normalized spacial score (nSPS) is 10.9. The molecule has 12 rings (SSSR count). The van der Waals surface area contributed by atoms with Gasteiger partial charge in [-0.1, -0.05) is 157 Å². The molecule has 0 spiro atoms. The number of aryl methyl sites for hydroxylation is 10. The van der Waals surface area contributed by atoms with Crippen molar-refractivity contribution in [2.45, 2.75) is 96.9 Å². The fourth-order valence-corrected chi connectivity index (χ4v) is 9.82. The van der Waals surface area contributed by atoms with E-state index in [2.05, 4.69) is 191 Å². The first kappa shape index (κ1) is 76.9. The van der Waals surface area contributed by atoms with Crippen LogP contribution in [0.5, 0.6) is 0 Å². The zero-order valence-electron chi connectivity index (χ0n) is 57.8. The summed E-state index contributed by atoms with van der Waals surface area (Å²) in [5.74, 6) is 0. The first-order valence-corrected chi connectivity index (χ1v) is 31.8. The average Bonchev–Trinajstić information content (AvgIpc) is 0.958. The molecule has 0 unspecified atom stereocenters. The van der Waals surface area contributed by atoms with E-state index < -0.39 is 0 Å². The van der Waals surface area contributed by atoms with Crippen molar-refractivity contribution in [2.75, 3.05) is 0 Å². The van der Waals surface area contributed by atoms with Crippen molar-refractivity contribution in [3.8, 4) is 22.3 Å². The van der Waals surface area contributed by atoms with Gasteiger partial charge < -0.3 is 0 Å². The fourth-order valence-electron chi connectivity index (χ4n) is 9.82. The van der Waals surface area contributed by atoms with Crippen molar-refractivity contribution < 1.29 is 34.1 Å². The van der Waals surface area contributed by atoms with Crippen LogP contribution in [0.1, 0.15) is 106 Å². The Labute approximate surface area is 594 Å². The van der Waals surface area contributed by atoms with Crippen LogP contribution in [0.4, 0.5) is 22.7 Å². The van der Waals surface area contributed by atoms with E-state index in [1.807, 2.05) is 198 Å². The van der Waals surface area contributed by atoms with Gasteiger partial charge in [0.1, 0.15) is 0 Å². The van der Waals surface area contributed by atoms with E-state index in [0.717, 1.165) is 90.6 Å². The molecular weight excluding hydrogens is 1250 g/mol. The molecule has 0 bridgehead atoms. The van der Waals surface area contributed by atoms with Crippen molar-refractivity contribution in [1.29, 1.82) is 0 Å². The van der Waals surface area contributed by atoms with E-state index in [-0.39, 0.29) is 34.1 Å². The Morgan fingerprint density at radius 1 is 0.229 bits per heavy atom. The Kier molecular flexibility index (Phi) is 32.4. The fraction of sp³-hybridized carbons (Fsp3) is 0.159. The van der Waals surface area contributed by atoms with Crippen LogP contribution in [-0.4, -0.2) is 32.8 Å². The number of benzene rings is 10. The summed E-state index contributed by atoms with van der Waals surface area (Å²) in [6.45, 7) is 28.9. The molecule has 8 heteroatoms. The molecule has 484 valence electrons. The number of hydrogen-bond acceptors (Lipinski definition) is 6. The van der Waals surface area contributed by atoms with E-state index in [0.29, 0.717) is 0 Å². The quantitative estimate of drug-likeness (QED) is 0.0777. The zero-order valence-corrected chi connectivity index (χ0v) is 60.0. The van der Waals surface area contributed by atoms with Gasteiger partial charge in [-0.15, -0.1) is 24.3 Å². The zero-order chi connectivity index (χ0) is 67.2. The van der Waals surface area contributed by atoms with E-state index >= 15 is 0 Å². The third-order valence-electron chi connectivity index (χ3n) is 15.2. The largest absolute Gasteiger partial charge is 2.00 e. The number of aliphatic imine (C=N–C) groups is 4. The van der Waals surface area contributed by atoms with Crippen LogP contribution in [0.25, 0.3) is 22.3 Å². The molecule has 0 saturated heterocycles. The van der Waals surface area contributed by atoms with Crippen LogP contribution in [0.3, 0.4) is 0 Å². The van der Waals surface area contributed by atoms with E-state index in [4.69, 9.17) is 29.9 Å². The summed E-state index contributed by atoms with van der Waals surface area (Å²) >= 11 is 0. The third kappa shape index (κ3) is 24.5. The Balaban J connectivity index is 0.000000225. The van der Waals surface area contributed by atoms with E-state index in [1.54, 1.807) is 0 Å². The van der Waals surface area contributed by atoms with Gasteiger partial charge in [0.25, 0.3) is 0 Å². The standard InChI is InChI=1S/2C25H27N3.2C12H8.2C7H8.2Fe/c2*1-16-10-7-11-17(2)24(16)26-20(5)22-14-9-15-23(28-22)21(6)27-25-18(3)12-8-13-19(25)4;2*1-3-7-11(8-4-1)12-9-5-2-6-10-12;2*1-7-5-3-2-4-6-7;;/h2*7-15H,1-6H3;2*1-7,9H;2*2-6H,1H3;;/q;;2*-2;;;2*+2. The Hall–Kier alpha value is -9.78. The Bertz CT molecular complexity index is 3820. The van der Waals surface area contributed by atoms with Crippen molar-refractivity contribution in [3.05, 3.63) is 370 Å². The molecule has 10 aromatic carbocycles. The molecule has 0 aliphatic rings. The van der Waals surface area contributed by atoms with Gasteiger partial charge in [-0.25, -0.2) is 32.2 Å². The summed E-state index contributed by atoms with van der Waals surface area (Å²) in [4.78, 5) is 29.1. The number of nitrogens with zero attached hydrogens (tertiary/aromatic N) is 6. The van der Waals surface area contributed by atoms with Gasteiger partial charge in [-0.05, 0) is 166 Å². The Morgan fingerprint density at radius 3 is 0.583 bits per heavy atom. The predicted octanol–water partition coefficient (Wildman–Crippen LogP) is 23.1. The second-order valence-corrected chi connectivity index (χ2v) is 23.0. The molecule has 0 N–H and O–H groups in total. The summed E-state index contributed by atoms with van der Waals surface area (Å²) in [5, 5.41) is 0. The minimum absolute atomic E-state index is 0. The second-order valence-electron chi connectivity index (χ2n) is 23.0. The van der Waals surface area contributed by atoms with Gasteiger partial charge in [-0.3, -0.25) is 20.0 Å². The average molecular weight is 1340 g/mol. The number of rotatable bonds is 10. The first-order chi connectivity index (χ1) is 45.4. The maximum atomic E-state index is 4.86. The van der Waals surface area contributed by atoms with Gasteiger partial charge in [0.15, 0.2) is 0 Å². The topological polar surface area (TPSA) is 75.2 Å². The van der Waals surface area contributed by atoms with Gasteiger partial charge in [0.05, 0.1) is 68.4 Å². The molecule has 0 atom stereocenters. The molecular formula is C88H86Fe2N6. The van der Waals surface area contributed by atoms with Gasteiger partial charge in [0.2, 0.25) is 0 Å². The molecule has 0 saturated carbocycles. The third-order valence-corrected chi connectivity index (χ3v) is 15.2. The number of hydrogen-bond donors (Lipinski definition) is 0. The van der Waals surface area contributed by atoms with Crippen molar-refractivity contribution in [1.82, 2.24) is 9.97 Å². The summed E-state index contributed by atoms with van der Waals surface area (Å²) in [7, 11) is 0. The molecule has 96 heavy (non-hydrogen) atoms. The van der Waals surface area contributed by atoms with Crippen LogP contribution in [0, 0.1) is 93.5 Å². The molecule has 0 amide bonds. The molecule has 0 fully saturated rings. The van der Waals surface area contributed by atoms with E-state index in [9.17, 15) is 0 Å². The summed E-state index contributed by atoms with van der Waals surface area (Å²) in [5.41, 5.74) is 27.6. The van der Waals surface area contributed by atoms with Crippen LogP contribution in [0.2, 0.25) is 0 Å². The number of pyridine rings is 2. The predicted molar refractivity (Wildman–Crippen MR) is 401 cm³/mol. The summed E-state index contributed by atoms with van der Waals surface area (Å²) in [6.07, 6.45) is 0. The second kappa shape index (κ2) is 40.5. The molecule has 12 aromatic rings. The van der Waals surface area contributed by atoms with Crippen molar-refractivity contribution >= 4 is 45.6 Å².